The lowest BCUT2D eigenvalue weighted by molar-refractivity contribution is -0.139. The van der Waals surface area contributed by atoms with Crippen molar-refractivity contribution in [2.75, 3.05) is 13.7 Å². The number of carboxylic acids is 1. The summed E-state index contributed by atoms with van der Waals surface area (Å²) in [6, 6.07) is 15.3. The Morgan fingerprint density at radius 1 is 1.25 bits per heavy atom. The minimum absolute atomic E-state index is 0.0392. The van der Waals surface area contributed by atoms with Crippen molar-refractivity contribution < 1.29 is 19.4 Å². The molecule has 0 fully saturated rings. The smallest absolute Gasteiger partial charge is 0.341 e. The predicted molar refractivity (Wildman–Crippen MR) is 92.6 cm³/mol. The van der Waals surface area contributed by atoms with Gasteiger partial charge in [-0.2, -0.15) is 5.10 Å². The molecule has 1 aliphatic rings. The van der Waals surface area contributed by atoms with Gasteiger partial charge in [0.05, 0.1) is 7.11 Å². The number of hydrogen-bond acceptors (Lipinski definition) is 6. The summed E-state index contributed by atoms with van der Waals surface area (Å²) in [5.74, 6) is -0.143. The summed E-state index contributed by atoms with van der Waals surface area (Å²) in [5, 5.41) is 14.0. The van der Waals surface area contributed by atoms with Crippen molar-refractivity contribution >= 4 is 22.8 Å². The molecule has 0 amide bonds. The van der Waals surface area contributed by atoms with Gasteiger partial charge in [0.2, 0.25) is 0 Å². The lowest BCUT2D eigenvalue weighted by Crippen LogP contribution is -2.11. The second kappa shape index (κ2) is 7.27. The molecular formula is C17H16N2O4S. The highest BCUT2D eigenvalue weighted by molar-refractivity contribution is 8.14. The molecule has 1 heterocycles. The highest BCUT2D eigenvalue weighted by Crippen LogP contribution is 2.38. The number of carbonyl (C=O) groups is 1. The van der Waals surface area contributed by atoms with E-state index in [2.05, 4.69) is 10.5 Å². The van der Waals surface area contributed by atoms with Gasteiger partial charge in [-0.3, -0.25) is 5.43 Å². The van der Waals surface area contributed by atoms with E-state index in [4.69, 9.17) is 14.6 Å². The number of nitrogens with one attached hydrogen (secondary N) is 1. The van der Waals surface area contributed by atoms with E-state index in [1.807, 2.05) is 42.5 Å². The first-order valence-electron chi connectivity index (χ1n) is 7.25. The first-order valence-corrected chi connectivity index (χ1v) is 8.13. The summed E-state index contributed by atoms with van der Waals surface area (Å²) in [5.41, 5.74) is 5.13. The molecule has 6 nitrogen and oxygen atoms in total. The molecule has 2 N–H and O–H groups in total. The first kappa shape index (κ1) is 16.2. The third-order valence-corrected chi connectivity index (χ3v) is 4.54. The fraction of sp³-hybridized carbons (Fsp3) is 0.176. The molecule has 1 aliphatic heterocycles. The number of nitrogens with zero attached hydrogens (tertiary/aromatic N) is 1. The minimum atomic E-state index is -1.03. The monoisotopic (exact) mass is 344 g/mol. The number of thioether (sulfide) groups is 1. The molecule has 0 unspecified atom stereocenters. The second-order valence-corrected chi connectivity index (χ2v) is 6.10. The number of rotatable bonds is 6. The average molecular weight is 344 g/mol. The molecule has 24 heavy (non-hydrogen) atoms. The molecule has 0 saturated heterocycles. The van der Waals surface area contributed by atoms with E-state index in [1.54, 1.807) is 17.8 Å². The van der Waals surface area contributed by atoms with Crippen LogP contribution in [0.5, 0.6) is 11.5 Å². The van der Waals surface area contributed by atoms with Crippen molar-refractivity contribution in [2.24, 2.45) is 5.10 Å². The Kier molecular flexibility index (Phi) is 4.90. The molecule has 1 atom stereocenters. The van der Waals surface area contributed by atoms with Crippen LogP contribution in [-0.2, 0) is 4.79 Å². The number of aliphatic carboxylic acids is 1. The van der Waals surface area contributed by atoms with Crippen LogP contribution in [-0.4, -0.2) is 29.8 Å². The highest BCUT2D eigenvalue weighted by atomic mass is 32.2. The van der Waals surface area contributed by atoms with Gasteiger partial charge in [-0.05, 0) is 17.7 Å². The third kappa shape index (κ3) is 3.62. The van der Waals surface area contributed by atoms with E-state index < -0.39 is 12.6 Å². The molecule has 2 aromatic carbocycles. The van der Waals surface area contributed by atoms with Crippen LogP contribution in [0.15, 0.2) is 53.6 Å². The topological polar surface area (TPSA) is 80.1 Å². The van der Waals surface area contributed by atoms with Crippen LogP contribution in [0.2, 0.25) is 0 Å². The van der Waals surface area contributed by atoms with Gasteiger partial charge < -0.3 is 14.6 Å². The largest absolute Gasteiger partial charge is 0.493 e. The molecule has 7 heteroatoms. The van der Waals surface area contributed by atoms with E-state index in [9.17, 15) is 4.79 Å². The van der Waals surface area contributed by atoms with E-state index in [-0.39, 0.29) is 5.37 Å². The zero-order valence-electron chi connectivity index (χ0n) is 12.9. The van der Waals surface area contributed by atoms with E-state index in [1.165, 1.54) is 7.11 Å². The van der Waals surface area contributed by atoms with Crippen molar-refractivity contribution in [1.82, 2.24) is 5.43 Å². The lowest BCUT2D eigenvalue weighted by atomic mass is 10.2. The van der Waals surface area contributed by atoms with Crippen LogP contribution in [0.4, 0.5) is 0 Å². The van der Waals surface area contributed by atoms with E-state index in [0.29, 0.717) is 11.5 Å². The fourth-order valence-corrected chi connectivity index (χ4v) is 3.23. The van der Waals surface area contributed by atoms with Crippen molar-refractivity contribution in [2.45, 2.75) is 5.37 Å². The average Bonchev–Trinajstić information content (AvgIpc) is 3.10. The van der Waals surface area contributed by atoms with Gasteiger partial charge in [0.15, 0.2) is 18.1 Å². The molecule has 2 aromatic rings. The molecule has 0 aliphatic carbocycles. The van der Waals surface area contributed by atoms with Gasteiger partial charge >= 0.3 is 5.97 Å². The maximum absolute atomic E-state index is 10.6. The summed E-state index contributed by atoms with van der Waals surface area (Å²) in [7, 11) is 1.52. The summed E-state index contributed by atoms with van der Waals surface area (Å²) >= 11 is 1.61. The normalized spacial score (nSPS) is 16.2. The van der Waals surface area contributed by atoms with Crippen LogP contribution in [0.1, 0.15) is 16.5 Å². The Balaban J connectivity index is 1.73. The molecular weight excluding hydrogens is 328 g/mol. The number of hydrazone groups is 1. The van der Waals surface area contributed by atoms with Crippen LogP contribution < -0.4 is 14.9 Å². The number of ether oxygens (including phenoxy) is 2. The summed E-state index contributed by atoms with van der Waals surface area (Å²) < 4.78 is 10.5. The van der Waals surface area contributed by atoms with Crippen molar-refractivity contribution in [3.8, 4) is 11.5 Å². The van der Waals surface area contributed by atoms with Crippen LogP contribution in [0.25, 0.3) is 0 Å². The standard InChI is InChI=1S/C17H16N2O4S/c1-22-14-9-12(7-8-13(14)23-10-15(20)21)17-19-18-16(24-17)11-5-3-2-4-6-11/h2-9,17,19H,10H2,1H3,(H,20,21)/t17-/m1/s1. The Morgan fingerprint density at radius 2 is 2.04 bits per heavy atom. The molecule has 0 spiro atoms. The van der Waals surface area contributed by atoms with Crippen molar-refractivity contribution in [3.63, 3.8) is 0 Å². The summed E-state index contributed by atoms with van der Waals surface area (Å²) in [6.45, 7) is -0.409. The third-order valence-electron chi connectivity index (χ3n) is 3.38. The van der Waals surface area contributed by atoms with Gasteiger partial charge in [0.25, 0.3) is 0 Å². The molecule has 0 radical (unpaired) electrons. The lowest BCUT2D eigenvalue weighted by Gasteiger charge is -2.14. The van der Waals surface area contributed by atoms with Gasteiger partial charge in [0, 0.05) is 5.56 Å². The fourth-order valence-electron chi connectivity index (χ4n) is 2.24. The van der Waals surface area contributed by atoms with Crippen LogP contribution in [0, 0.1) is 0 Å². The first-order chi connectivity index (χ1) is 11.7. The summed E-state index contributed by atoms with van der Waals surface area (Å²) in [4.78, 5) is 10.6. The Bertz CT molecular complexity index is 764. The molecule has 0 saturated carbocycles. The zero-order chi connectivity index (χ0) is 16.9. The molecule has 0 aromatic heterocycles. The number of hydrogen-bond donors (Lipinski definition) is 2. The molecule has 0 bridgehead atoms. The van der Waals surface area contributed by atoms with Gasteiger partial charge in [-0.1, -0.05) is 48.2 Å². The minimum Gasteiger partial charge on any atom is -0.493 e. The molecule has 3 rings (SSSR count). The van der Waals surface area contributed by atoms with Gasteiger partial charge in [-0.25, -0.2) is 4.79 Å². The number of benzene rings is 2. The zero-order valence-corrected chi connectivity index (χ0v) is 13.7. The Labute approximate surface area is 143 Å². The highest BCUT2D eigenvalue weighted by Gasteiger charge is 2.23. The second-order valence-electron chi connectivity index (χ2n) is 5.00. The Hall–Kier alpha value is -2.67. The maximum atomic E-state index is 10.6. The van der Waals surface area contributed by atoms with Gasteiger partial charge in [-0.15, -0.1) is 0 Å². The molecule has 124 valence electrons. The van der Waals surface area contributed by atoms with Crippen molar-refractivity contribution in [1.29, 1.82) is 0 Å². The quantitative estimate of drug-likeness (QED) is 0.839. The van der Waals surface area contributed by atoms with Crippen LogP contribution in [0.3, 0.4) is 0 Å². The Morgan fingerprint density at radius 3 is 2.75 bits per heavy atom. The van der Waals surface area contributed by atoms with E-state index in [0.717, 1.165) is 16.2 Å². The van der Waals surface area contributed by atoms with Crippen LogP contribution >= 0.6 is 11.8 Å². The van der Waals surface area contributed by atoms with Gasteiger partial charge in [0.1, 0.15) is 10.4 Å². The maximum Gasteiger partial charge on any atom is 0.341 e. The summed E-state index contributed by atoms with van der Waals surface area (Å²) in [6.07, 6.45) is 0. The van der Waals surface area contributed by atoms with Crippen molar-refractivity contribution in [3.05, 3.63) is 59.7 Å². The number of carboxylic acid groups (broad SMARTS) is 1. The number of methoxy groups -OCH3 is 1. The predicted octanol–water partition coefficient (Wildman–Crippen LogP) is 2.86. The van der Waals surface area contributed by atoms with E-state index >= 15 is 0 Å². The SMILES string of the molecule is COc1cc([C@@H]2NN=C(c3ccccc3)S2)ccc1OCC(=O)O.